The fraction of sp³-hybridized carbons (Fsp3) is 0.192. The van der Waals surface area contributed by atoms with E-state index in [1.807, 2.05) is 30.3 Å². The van der Waals surface area contributed by atoms with Crippen molar-refractivity contribution in [1.29, 1.82) is 0 Å². The molecule has 9 heteroatoms. The van der Waals surface area contributed by atoms with Crippen LogP contribution in [-0.2, 0) is 20.9 Å². The minimum atomic E-state index is -0.703. The number of hydrogen-bond donors (Lipinski definition) is 1. The van der Waals surface area contributed by atoms with Crippen LogP contribution in [0.2, 0.25) is 0 Å². The van der Waals surface area contributed by atoms with Crippen LogP contribution in [0, 0.1) is 5.82 Å². The zero-order chi connectivity index (χ0) is 25.2. The van der Waals surface area contributed by atoms with Crippen molar-refractivity contribution in [3.05, 3.63) is 89.7 Å². The van der Waals surface area contributed by atoms with Gasteiger partial charge in [0.2, 0.25) is 0 Å². The van der Waals surface area contributed by atoms with Gasteiger partial charge >= 0.3 is 5.97 Å². The summed E-state index contributed by atoms with van der Waals surface area (Å²) in [5.74, 6) is -1.48. The normalized spacial score (nSPS) is 10.3. The average molecular weight is 480 g/mol. The summed E-state index contributed by atoms with van der Waals surface area (Å²) in [4.78, 5) is 38.3. The molecule has 0 aliphatic carbocycles. The van der Waals surface area contributed by atoms with E-state index in [2.05, 4.69) is 5.32 Å². The molecule has 3 rings (SSSR count). The molecule has 1 N–H and O–H groups in total. The maximum absolute atomic E-state index is 13.0. The molecule has 182 valence electrons. The van der Waals surface area contributed by atoms with Gasteiger partial charge in [-0.05, 0) is 48.0 Å². The van der Waals surface area contributed by atoms with E-state index in [4.69, 9.17) is 14.2 Å². The highest BCUT2D eigenvalue weighted by molar-refractivity contribution is 5.93. The van der Waals surface area contributed by atoms with Crippen molar-refractivity contribution < 1.29 is 33.0 Å². The van der Waals surface area contributed by atoms with Gasteiger partial charge < -0.3 is 24.4 Å². The number of likely N-dealkylation sites (N-methyl/N-ethyl adjacent to an activating group) is 1. The van der Waals surface area contributed by atoms with Crippen molar-refractivity contribution in [3.8, 4) is 11.5 Å². The minimum absolute atomic E-state index is 0.156. The molecule has 0 aromatic heterocycles. The molecule has 0 unspecified atom stereocenters. The lowest BCUT2D eigenvalue weighted by Crippen LogP contribution is -2.30. The Morgan fingerprint density at radius 3 is 2.31 bits per heavy atom. The Hall–Kier alpha value is -4.40. The molecule has 0 bridgehead atoms. The van der Waals surface area contributed by atoms with E-state index in [1.54, 1.807) is 7.05 Å². The number of anilines is 1. The lowest BCUT2D eigenvalue weighted by Gasteiger charge is -2.17. The molecular weight excluding hydrogens is 455 g/mol. The molecule has 8 nitrogen and oxygen atoms in total. The number of benzene rings is 3. The molecule has 0 aliphatic heterocycles. The summed E-state index contributed by atoms with van der Waals surface area (Å²) in [6.45, 7) is -0.349. The number of amides is 2. The van der Waals surface area contributed by atoms with Crippen LogP contribution < -0.4 is 14.8 Å². The van der Waals surface area contributed by atoms with Gasteiger partial charge in [0, 0.05) is 19.3 Å². The van der Waals surface area contributed by atoms with Gasteiger partial charge in [-0.15, -0.1) is 0 Å². The van der Waals surface area contributed by atoms with Gasteiger partial charge in [0.1, 0.15) is 5.82 Å². The number of halogens is 1. The molecule has 0 spiro atoms. The Morgan fingerprint density at radius 1 is 0.914 bits per heavy atom. The largest absolute Gasteiger partial charge is 0.493 e. The zero-order valence-electron chi connectivity index (χ0n) is 19.3. The van der Waals surface area contributed by atoms with Crippen molar-refractivity contribution >= 4 is 23.5 Å². The Bertz CT molecular complexity index is 1170. The average Bonchev–Trinajstić information content (AvgIpc) is 2.87. The molecule has 2 amide bonds. The van der Waals surface area contributed by atoms with Crippen molar-refractivity contribution in [2.45, 2.75) is 6.54 Å². The molecule has 0 atom stereocenters. The van der Waals surface area contributed by atoms with E-state index < -0.39 is 24.3 Å². The molecule has 35 heavy (non-hydrogen) atoms. The smallest absolute Gasteiger partial charge is 0.338 e. The van der Waals surface area contributed by atoms with Crippen molar-refractivity contribution in [2.24, 2.45) is 0 Å². The van der Waals surface area contributed by atoms with Crippen LogP contribution >= 0.6 is 0 Å². The predicted octanol–water partition coefficient (Wildman–Crippen LogP) is 3.67. The maximum atomic E-state index is 13.0. The number of methoxy groups -OCH3 is 1. The highest BCUT2D eigenvalue weighted by Crippen LogP contribution is 2.28. The molecule has 0 fully saturated rings. The fourth-order valence-corrected chi connectivity index (χ4v) is 3.05. The van der Waals surface area contributed by atoms with Crippen LogP contribution in [0.15, 0.2) is 72.8 Å². The number of hydrogen-bond acceptors (Lipinski definition) is 6. The van der Waals surface area contributed by atoms with Crippen LogP contribution in [-0.4, -0.2) is 50.1 Å². The second-order valence-electron chi connectivity index (χ2n) is 7.52. The summed E-state index contributed by atoms with van der Waals surface area (Å²) in [7, 11) is 3.02. The predicted molar refractivity (Wildman–Crippen MR) is 127 cm³/mol. The highest BCUT2D eigenvalue weighted by Gasteiger charge is 2.17. The number of rotatable bonds is 10. The first kappa shape index (κ1) is 25.2. The van der Waals surface area contributed by atoms with Gasteiger partial charge in [-0.1, -0.05) is 30.3 Å². The Labute approximate surface area is 202 Å². The first-order valence-electron chi connectivity index (χ1n) is 10.7. The third-order valence-corrected chi connectivity index (χ3v) is 4.90. The summed E-state index contributed by atoms with van der Waals surface area (Å²) in [5.41, 5.74) is 1.54. The van der Waals surface area contributed by atoms with E-state index in [0.717, 1.165) is 5.56 Å². The standard InChI is InChI=1S/C26H25FN2O6/c1-29(15-18-6-4-3-5-7-18)25(31)17-35-26(32)19-8-13-22(23(14-19)33-2)34-16-24(30)28-21-11-9-20(27)10-12-21/h3-14H,15-17H2,1-2H3,(H,28,30). The molecule has 0 saturated carbocycles. The summed E-state index contributed by atoms with van der Waals surface area (Å²) in [6, 6.07) is 19.1. The van der Waals surface area contributed by atoms with Crippen LogP contribution in [0.3, 0.4) is 0 Å². The third-order valence-electron chi connectivity index (χ3n) is 4.90. The van der Waals surface area contributed by atoms with Crippen LogP contribution in [0.5, 0.6) is 11.5 Å². The topological polar surface area (TPSA) is 94.2 Å². The molecule has 3 aromatic carbocycles. The number of esters is 1. The van der Waals surface area contributed by atoms with Crippen LogP contribution in [0.1, 0.15) is 15.9 Å². The van der Waals surface area contributed by atoms with E-state index >= 15 is 0 Å². The fourth-order valence-electron chi connectivity index (χ4n) is 3.05. The third kappa shape index (κ3) is 7.56. The zero-order valence-corrected chi connectivity index (χ0v) is 19.3. The van der Waals surface area contributed by atoms with Crippen LogP contribution in [0.4, 0.5) is 10.1 Å². The number of nitrogens with zero attached hydrogens (tertiary/aromatic N) is 1. The van der Waals surface area contributed by atoms with Gasteiger partial charge in [-0.2, -0.15) is 0 Å². The first-order valence-corrected chi connectivity index (χ1v) is 10.7. The lowest BCUT2D eigenvalue weighted by atomic mass is 10.2. The Morgan fingerprint density at radius 2 is 1.63 bits per heavy atom. The van der Waals surface area contributed by atoms with E-state index in [-0.39, 0.29) is 29.6 Å². The van der Waals surface area contributed by atoms with E-state index in [0.29, 0.717) is 12.2 Å². The van der Waals surface area contributed by atoms with Crippen molar-refractivity contribution in [1.82, 2.24) is 4.90 Å². The summed E-state index contributed by atoms with van der Waals surface area (Å²) in [5, 5.41) is 2.58. The molecule has 0 saturated heterocycles. The second kappa shape index (κ2) is 12.2. The number of ether oxygens (including phenoxy) is 3. The SMILES string of the molecule is COc1cc(C(=O)OCC(=O)N(C)Cc2ccccc2)ccc1OCC(=O)Nc1ccc(F)cc1. The van der Waals surface area contributed by atoms with Gasteiger partial charge in [0.05, 0.1) is 12.7 Å². The minimum Gasteiger partial charge on any atom is -0.493 e. The monoisotopic (exact) mass is 480 g/mol. The van der Waals surface area contributed by atoms with Gasteiger partial charge in [0.25, 0.3) is 11.8 Å². The van der Waals surface area contributed by atoms with E-state index in [9.17, 15) is 18.8 Å². The molecule has 3 aromatic rings. The molecule has 0 aliphatic rings. The van der Waals surface area contributed by atoms with Crippen LogP contribution in [0.25, 0.3) is 0 Å². The van der Waals surface area contributed by atoms with Crippen molar-refractivity contribution in [3.63, 3.8) is 0 Å². The molecular formula is C26H25FN2O6. The number of carbonyl (C=O) groups is 3. The first-order chi connectivity index (χ1) is 16.9. The second-order valence-corrected chi connectivity index (χ2v) is 7.52. The van der Waals surface area contributed by atoms with Crippen molar-refractivity contribution in [2.75, 3.05) is 32.7 Å². The summed E-state index contributed by atoms with van der Waals surface area (Å²) in [6.07, 6.45) is 0. The molecule has 0 heterocycles. The van der Waals surface area contributed by atoms with E-state index in [1.165, 1.54) is 54.5 Å². The van der Waals surface area contributed by atoms with Gasteiger partial charge in [-0.3, -0.25) is 9.59 Å². The summed E-state index contributed by atoms with van der Waals surface area (Å²) < 4.78 is 28.8. The Kier molecular flexibility index (Phi) is 8.77. The Balaban J connectivity index is 1.51. The summed E-state index contributed by atoms with van der Waals surface area (Å²) >= 11 is 0. The van der Waals surface area contributed by atoms with Gasteiger partial charge in [0.15, 0.2) is 24.7 Å². The highest BCUT2D eigenvalue weighted by atomic mass is 19.1. The quantitative estimate of drug-likeness (QED) is 0.445. The lowest BCUT2D eigenvalue weighted by molar-refractivity contribution is -0.133. The maximum Gasteiger partial charge on any atom is 0.338 e. The molecule has 0 radical (unpaired) electrons. The number of carbonyl (C=O) groups excluding carboxylic acids is 3. The van der Waals surface area contributed by atoms with Gasteiger partial charge in [-0.25, -0.2) is 9.18 Å². The number of nitrogens with one attached hydrogen (secondary N) is 1.